The Morgan fingerprint density at radius 3 is 2.75 bits per heavy atom. The first-order valence-corrected chi connectivity index (χ1v) is 5.13. The molecule has 0 N–H and O–H groups in total. The molecule has 3 atom stereocenters. The van der Waals surface area contributed by atoms with E-state index >= 15 is 0 Å². The topological polar surface area (TPSA) is 18.5 Å². The Balaban J connectivity index is 1.85. The summed E-state index contributed by atoms with van der Waals surface area (Å²) in [6, 6.07) is 0. The molecular weight excluding hydrogens is 176 g/mol. The zero-order chi connectivity index (χ0) is 8.39. The number of hydrogen-bond donors (Lipinski definition) is 0. The molecule has 2 rings (SSSR count). The van der Waals surface area contributed by atoms with Crippen molar-refractivity contribution in [3.8, 4) is 0 Å². The Bertz CT molecular complexity index is 145. The second kappa shape index (κ2) is 3.95. The molecule has 2 aliphatic rings. The second-order valence-corrected chi connectivity index (χ2v) is 4.27. The number of rotatable bonds is 1. The first-order chi connectivity index (χ1) is 5.86. The van der Waals surface area contributed by atoms with Gasteiger partial charge in [-0.15, -0.1) is 11.6 Å². The van der Waals surface area contributed by atoms with E-state index in [1.54, 1.807) is 0 Å². The summed E-state index contributed by atoms with van der Waals surface area (Å²) in [6.45, 7) is 2.60. The van der Waals surface area contributed by atoms with Crippen LogP contribution in [0.5, 0.6) is 0 Å². The van der Waals surface area contributed by atoms with Crippen molar-refractivity contribution in [1.29, 1.82) is 0 Å². The highest BCUT2D eigenvalue weighted by Crippen LogP contribution is 2.28. The third-order valence-corrected chi connectivity index (χ3v) is 3.14. The highest BCUT2D eigenvalue weighted by molar-refractivity contribution is 6.20. The summed E-state index contributed by atoms with van der Waals surface area (Å²) in [7, 11) is 0. The summed E-state index contributed by atoms with van der Waals surface area (Å²) in [5.74, 6) is 0.603. The summed E-state index contributed by atoms with van der Waals surface area (Å²) in [5.41, 5.74) is 0. The molecule has 3 heteroatoms. The van der Waals surface area contributed by atoms with Gasteiger partial charge in [0, 0.05) is 24.5 Å². The summed E-state index contributed by atoms with van der Waals surface area (Å²) >= 11 is 6.07. The molecule has 0 aliphatic carbocycles. The highest BCUT2D eigenvalue weighted by Gasteiger charge is 2.30. The Morgan fingerprint density at radius 2 is 2.08 bits per heavy atom. The number of alkyl halides is 1. The Labute approximate surface area is 78.2 Å². The van der Waals surface area contributed by atoms with Crippen molar-refractivity contribution < 1.29 is 9.47 Å². The molecule has 3 unspecified atom stereocenters. The number of halogens is 1. The molecule has 2 fully saturated rings. The SMILES string of the molecule is ClC1CCOC(C2CCOC2)C1. The standard InChI is InChI=1S/C9H15ClO2/c10-8-2-4-12-9(5-8)7-1-3-11-6-7/h7-9H,1-6H2. The lowest BCUT2D eigenvalue weighted by Crippen LogP contribution is -2.32. The van der Waals surface area contributed by atoms with Crippen LogP contribution in [0.25, 0.3) is 0 Å². The van der Waals surface area contributed by atoms with E-state index in [2.05, 4.69) is 0 Å². The maximum atomic E-state index is 6.07. The van der Waals surface area contributed by atoms with Crippen LogP contribution in [0, 0.1) is 5.92 Å². The van der Waals surface area contributed by atoms with E-state index in [0.29, 0.717) is 17.4 Å². The van der Waals surface area contributed by atoms with E-state index in [1.165, 1.54) is 0 Å². The van der Waals surface area contributed by atoms with E-state index in [0.717, 1.165) is 39.1 Å². The van der Waals surface area contributed by atoms with Gasteiger partial charge in [-0.1, -0.05) is 0 Å². The third kappa shape index (κ3) is 1.93. The molecule has 0 saturated carbocycles. The average Bonchev–Trinajstić information content (AvgIpc) is 2.56. The highest BCUT2D eigenvalue weighted by atomic mass is 35.5. The van der Waals surface area contributed by atoms with E-state index in [-0.39, 0.29) is 0 Å². The van der Waals surface area contributed by atoms with Gasteiger partial charge >= 0.3 is 0 Å². The molecule has 12 heavy (non-hydrogen) atoms. The van der Waals surface area contributed by atoms with Crippen LogP contribution in [-0.4, -0.2) is 31.3 Å². The second-order valence-electron chi connectivity index (χ2n) is 3.65. The smallest absolute Gasteiger partial charge is 0.0640 e. The fraction of sp³-hybridized carbons (Fsp3) is 1.00. The van der Waals surface area contributed by atoms with Crippen molar-refractivity contribution in [2.75, 3.05) is 19.8 Å². The summed E-state index contributed by atoms with van der Waals surface area (Å²) in [6.07, 6.45) is 3.53. The van der Waals surface area contributed by atoms with Gasteiger partial charge in [-0.2, -0.15) is 0 Å². The molecule has 0 aromatic carbocycles. The molecule has 70 valence electrons. The third-order valence-electron chi connectivity index (χ3n) is 2.74. The van der Waals surface area contributed by atoms with Crippen LogP contribution in [0.1, 0.15) is 19.3 Å². The first kappa shape index (κ1) is 8.79. The predicted octanol–water partition coefficient (Wildman–Crippen LogP) is 1.81. The minimum absolute atomic E-state index is 0.323. The maximum absolute atomic E-state index is 6.07. The fourth-order valence-corrected chi connectivity index (χ4v) is 2.22. The Morgan fingerprint density at radius 1 is 1.17 bits per heavy atom. The van der Waals surface area contributed by atoms with Crippen LogP contribution in [0.2, 0.25) is 0 Å². The lowest BCUT2D eigenvalue weighted by Gasteiger charge is -2.29. The zero-order valence-electron chi connectivity index (χ0n) is 7.17. The number of hydrogen-bond acceptors (Lipinski definition) is 2. The van der Waals surface area contributed by atoms with Crippen molar-refractivity contribution in [2.45, 2.75) is 30.7 Å². The minimum Gasteiger partial charge on any atom is -0.381 e. The largest absolute Gasteiger partial charge is 0.381 e. The van der Waals surface area contributed by atoms with Gasteiger partial charge in [-0.25, -0.2) is 0 Å². The quantitative estimate of drug-likeness (QED) is 0.588. The van der Waals surface area contributed by atoms with Gasteiger partial charge in [0.1, 0.15) is 0 Å². The monoisotopic (exact) mass is 190 g/mol. The van der Waals surface area contributed by atoms with Crippen LogP contribution in [0.4, 0.5) is 0 Å². The summed E-state index contributed by atoms with van der Waals surface area (Å²) < 4.78 is 11.0. The van der Waals surface area contributed by atoms with E-state index < -0.39 is 0 Å². The lowest BCUT2D eigenvalue weighted by molar-refractivity contribution is -0.0210. The normalized spacial score (nSPS) is 43.2. The predicted molar refractivity (Wildman–Crippen MR) is 47.5 cm³/mol. The number of ether oxygens (including phenoxy) is 2. The molecule has 2 aliphatic heterocycles. The van der Waals surface area contributed by atoms with E-state index in [1.807, 2.05) is 0 Å². The van der Waals surface area contributed by atoms with Gasteiger partial charge in [0.25, 0.3) is 0 Å². The molecular formula is C9H15ClO2. The van der Waals surface area contributed by atoms with Gasteiger partial charge in [-0.05, 0) is 19.3 Å². The molecule has 0 spiro atoms. The molecule has 0 amide bonds. The van der Waals surface area contributed by atoms with Gasteiger partial charge in [-0.3, -0.25) is 0 Å². The maximum Gasteiger partial charge on any atom is 0.0640 e. The zero-order valence-corrected chi connectivity index (χ0v) is 7.93. The van der Waals surface area contributed by atoms with E-state index in [9.17, 15) is 0 Å². The van der Waals surface area contributed by atoms with Gasteiger partial charge in [0.15, 0.2) is 0 Å². The van der Waals surface area contributed by atoms with Crippen LogP contribution in [0.15, 0.2) is 0 Å². The molecule has 0 aromatic rings. The summed E-state index contributed by atoms with van der Waals surface area (Å²) in [4.78, 5) is 0. The van der Waals surface area contributed by atoms with Crippen molar-refractivity contribution >= 4 is 11.6 Å². The molecule has 0 aromatic heterocycles. The first-order valence-electron chi connectivity index (χ1n) is 4.69. The lowest BCUT2D eigenvalue weighted by atomic mass is 9.95. The Kier molecular flexibility index (Phi) is 2.89. The molecule has 2 saturated heterocycles. The molecule has 0 radical (unpaired) electrons. The van der Waals surface area contributed by atoms with Gasteiger partial charge in [0.05, 0.1) is 12.7 Å². The Hall–Kier alpha value is 0.210. The van der Waals surface area contributed by atoms with Gasteiger partial charge in [0.2, 0.25) is 0 Å². The average molecular weight is 191 g/mol. The summed E-state index contributed by atoms with van der Waals surface area (Å²) in [5, 5.41) is 0.323. The van der Waals surface area contributed by atoms with Crippen molar-refractivity contribution in [1.82, 2.24) is 0 Å². The van der Waals surface area contributed by atoms with Crippen molar-refractivity contribution in [3.05, 3.63) is 0 Å². The van der Waals surface area contributed by atoms with Crippen molar-refractivity contribution in [2.24, 2.45) is 5.92 Å². The van der Waals surface area contributed by atoms with Crippen LogP contribution < -0.4 is 0 Å². The van der Waals surface area contributed by atoms with Crippen LogP contribution >= 0.6 is 11.6 Å². The van der Waals surface area contributed by atoms with Gasteiger partial charge < -0.3 is 9.47 Å². The van der Waals surface area contributed by atoms with Crippen LogP contribution in [0.3, 0.4) is 0 Å². The minimum atomic E-state index is 0.323. The molecule has 2 heterocycles. The fourth-order valence-electron chi connectivity index (χ4n) is 1.96. The molecule has 2 nitrogen and oxygen atoms in total. The van der Waals surface area contributed by atoms with E-state index in [4.69, 9.17) is 21.1 Å². The van der Waals surface area contributed by atoms with Crippen LogP contribution in [-0.2, 0) is 9.47 Å². The van der Waals surface area contributed by atoms with Crippen molar-refractivity contribution in [3.63, 3.8) is 0 Å². The molecule has 0 bridgehead atoms.